The minimum absolute atomic E-state index is 0.173. The lowest BCUT2D eigenvalue weighted by Gasteiger charge is -2.36. The van der Waals surface area contributed by atoms with Gasteiger partial charge in [-0.1, -0.05) is 54.6 Å². The second-order valence-corrected chi connectivity index (χ2v) is 6.82. The zero-order chi connectivity index (χ0) is 18.7. The fraction of sp³-hybridized carbons (Fsp3) is 0.261. The van der Waals surface area contributed by atoms with Gasteiger partial charge in [0.05, 0.1) is 5.69 Å². The fourth-order valence-electron chi connectivity index (χ4n) is 3.49. The molecule has 3 heteroatoms. The Bertz CT molecular complexity index is 909. The summed E-state index contributed by atoms with van der Waals surface area (Å²) in [5.74, 6) is 0.508. The Morgan fingerprint density at radius 1 is 0.885 bits per heavy atom. The lowest BCUT2D eigenvalue weighted by molar-refractivity contribution is 0.789. The van der Waals surface area contributed by atoms with Crippen molar-refractivity contribution in [1.82, 2.24) is 0 Å². The molecule has 0 saturated heterocycles. The van der Waals surface area contributed by atoms with E-state index in [0.717, 1.165) is 17.9 Å². The van der Waals surface area contributed by atoms with E-state index in [4.69, 9.17) is 5.41 Å². The minimum atomic E-state index is 0.173. The van der Waals surface area contributed by atoms with E-state index in [1.807, 2.05) is 12.1 Å². The van der Waals surface area contributed by atoms with E-state index < -0.39 is 0 Å². The van der Waals surface area contributed by atoms with Crippen LogP contribution in [0, 0.1) is 12.3 Å². The molecule has 0 saturated carbocycles. The van der Waals surface area contributed by atoms with Crippen LogP contribution in [-0.4, -0.2) is 18.5 Å². The summed E-state index contributed by atoms with van der Waals surface area (Å²) in [7, 11) is 0. The summed E-state index contributed by atoms with van der Waals surface area (Å²) in [6, 6.07) is 23.1. The number of nitrogens with one attached hydrogen (secondary N) is 1. The lowest BCUT2D eigenvalue weighted by Crippen LogP contribution is -2.47. The Morgan fingerprint density at radius 3 is 2.19 bits per heavy atom. The summed E-state index contributed by atoms with van der Waals surface area (Å²) in [6.45, 7) is 9.23. The average Bonchev–Trinajstić information content (AvgIpc) is 2.64. The number of hydrogen-bond donors (Lipinski definition) is 1. The highest BCUT2D eigenvalue weighted by atomic mass is 15.4. The third-order valence-electron chi connectivity index (χ3n) is 4.75. The van der Waals surface area contributed by atoms with Crippen LogP contribution in [0.2, 0.25) is 0 Å². The van der Waals surface area contributed by atoms with Crippen LogP contribution in [0.1, 0.15) is 26.3 Å². The average molecular weight is 345 g/mol. The highest BCUT2D eigenvalue weighted by Gasteiger charge is 2.23. The van der Waals surface area contributed by atoms with Crippen LogP contribution in [-0.2, 0) is 0 Å². The smallest absolute Gasteiger partial charge is 0.203 e. The highest BCUT2D eigenvalue weighted by molar-refractivity contribution is 6.10. The number of para-hydroxylation sites is 1. The summed E-state index contributed by atoms with van der Waals surface area (Å²) in [5.41, 5.74) is 3.35. The number of hydrogen-bond acceptors (Lipinski definition) is 1. The van der Waals surface area contributed by atoms with Gasteiger partial charge >= 0.3 is 0 Å². The molecular formula is C23H27N3. The molecule has 0 aromatic heterocycles. The molecule has 3 aromatic carbocycles. The second-order valence-electron chi connectivity index (χ2n) is 6.82. The van der Waals surface area contributed by atoms with Crippen LogP contribution in [0.4, 0.5) is 11.4 Å². The van der Waals surface area contributed by atoms with Gasteiger partial charge in [0.15, 0.2) is 0 Å². The summed E-state index contributed by atoms with van der Waals surface area (Å²) in [5, 5.41) is 11.4. The van der Waals surface area contributed by atoms with E-state index in [1.54, 1.807) is 0 Å². The Hall–Kier alpha value is -2.81. The van der Waals surface area contributed by atoms with Crippen molar-refractivity contribution in [1.29, 1.82) is 5.41 Å². The molecule has 26 heavy (non-hydrogen) atoms. The van der Waals surface area contributed by atoms with E-state index in [-0.39, 0.29) is 6.04 Å². The van der Waals surface area contributed by atoms with Crippen molar-refractivity contribution in [3.63, 3.8) is 0 Å². The molecule has 0 atom stereocenters. The summed E-state index contributed by atoms with van der Waals surface area (Å²) < 4.78 is 0. The maximum absolute atomic E-state index is 9.03. The predicted octanol–water partition coefficient (Wildman–Crippen LogP) is 5.82. The van der Waals surface area contributed by atoms with E-state index in [9.17, 15) is 0 Å². The number of rotatable bonds is 4. The molecular weight excluding hydrogens is 318 g/mol. The molecule has 0 aliphatic heterocycles. The van der Waals surface area contributed by atoms with Crippen molar-refractivity contribution < 1.29 is 0 Å². The topological polar surface area (TPSA) is 30.3 Å². The van der Waals surface area contributed by atoms with Crippen molar-refractivity contribution in [3.05, 3.63) is 72.3 Å². The maximum atomic E-state index is 9.03. The molecule has 3 nitrogen and oxygen atoms in total. The molecule has 0 amide bonds. The van der Waals surface area contributed by atoms with Gasteiger partial charge in [-0.05, 0) is 50.8 Å². The Kier molecular flexibility index (Phi) is 5.27. The Morgan fingerprint density at radius 2 is 1.50 bits per heavy atom. The predicted molar refractivity (Wildman–Crippen MR) is 113 cm³/mol. The molecule has 0 heterocycles. The van der Waals surface area contributed by atoms with Gasteiger partial charge in [0.25, 0.3) is 0 Å². The van der Waals surface area contributed by atoms with Gasteiger partial charge in [-0.3, -0.25) is 5.41 Å². The van der Waals surface area contributed by atoms with Gasteiger partial charge in [-0.25, -0.2) is 0 Å². The molecule has 0 radical (unpaired) electrons. The molecule has 0 spiro atoms. The first-order valence-corrected chi connectivity index (χ1v) is 9.23. The van der Waals surface area contributed by atoms with Crippen molar-refractivity contribution in [2.45, 2.75) is 33.7 Å². The number of aryl methyl sites for hydroxylation is 1. The van der Waals surface area contributed by atoms with Gasteiger partial charge in [0, 0.05) is 23.7 Å². The zero-order valence-corrected chi connectivity index (χ0v) is 16.0. The van der Waals surface area contributed by atoms with Crippen LogP contribution in [0.25, 0.3) is 10.8 Å². The first-order valence-electron chi connectivity index (χ1n) is 9.23. The number of fused-ring (bicyclic) bond motifs is 1. The first kappa shape index (κ1) is 18.0. The standard InChI is InChI=1S/C23H27N3/c1-5-25(21-15-9-6-11-18(21)4)23(24)26(17(2)3)22-16-10-13-19-12-7-8-14-20(19)22/h6-17,24H,5H2,1-4H3. The van der Waals surface area contributed by atoms with Gasteiger partial charge in [0.1, 0.15) is 0 Å². The second kappa shape index (κ2) is 7.61. The normalized spacial score (nSPS) is 11.0. The highest BCUT2D eigenvalue weighted by Crippen LogP contribution is 2.30. The molecule has 134 valence electrons. The van der Waals surface area contributed by atoms with Gasteiger partial charge in [0.2, 0.25) is 5.96 Å². The van der Waals surface area contributed by atoms with Gasteiger partial charge in [-0.15, -0.1) is 0 Å². The monoisotopic (exact) mass is 345 g/mol. The lowest BCUT2D eigenvalue weighted by atomic mass is 10.1. The van der Waals surface area contributed by atoms with E-state index >= 15 is 0 Å². The number of guanidine groups is 1. The summed E-state index contributed by atoms with van der Waals surface area (Å²) in [4.78, 5) is 4.20. The minimum Gasteiger partial charge on any atom is -0.312 e. The van der Waals surface area contributed by atoms with Crippen LogP contribution in [0.5, 0.6) is 0 Å². The van der Waals surface area contributed by atoms with Crippen molar-refractivity contribution in [2.75, 3.05) is 16.3 Å². The summed E-state index contributed by atoms with van der Waals surface area (Å²) in [6.07, 6.45) is 0. The van der Waals surface area contributed by atoms with Crippen molar-refractivity contribution in [2.24, 2.45) is 0 Å². The quantitative estimate of drug-likeness (QED) is 0.477. The Balaban J connectivity index is 2.10. The van der Waals surface area contributed by atoms with Crippen molar-refractivity contribution >= 4 is 28.1 Å². The summed E-state index contributed by atoms with van der Waals surface area (Å²) >= 11 is 0. The molecule has 0 fully saturated rings. The van der Waals surface area contributed by atoms with Gasteiger partial charge in [-0.2, -0.15) is 0 Å². The number of benzene rings is 3. The van der Waals surface area contributed by atoms with E-state index in [2.05, 4.69) is 92.1 Å². The van der Waals surface area contributed by atoms with E-state index in [0.29, 0.717) is 5.96 Å². The van der Waals surface area contributed by atoms with Crippen LogP contribution < -0.4 is 9.80 Å². The van der Waals surface area contributed by atoms with E-state index in [1.165, 1.54) is 16.3 Å². The number of nitrogens with zero attached hydrogens (tertiary/aromatic N) is 2. The molecule has 1 N–H and O–H groups in total. The molecule has 0 aliphatic carbocycles. The molecule has 0 bridgehead atoms. The van der Waals surface area contributed by atoms with Crippen LogP contribution in [0.3, 0.4) is 0 Å². The third kappa shape index (κ3) is 3.30. The zero-order valence-electron chi connectivity index (χ0n) is 16.0. The Labute approximate surface area is 156 Å². The third-order valence-corrected chi connectivity index (χ3v) is 4.75. The number of anilines is 2. The van der Waals surface area contributed by atoms with Gasteiger partial charge < -0.3 is 9.80 Å². The van der Waals surface area contributed by atoms with Crippen LogP contribution in [0.15, 0.2) is 66.7 Å². The molecule has 3 rings (SSSR count). The molecule has 0 unspecified atom stereocenters. The molecule has 3 aromatic rings. The van der Waals surface area contributed by atoms with Crippen LogP contribution >= 0.6 is 0 Å². The van der Waals surface area contributed by atoms with Crippen molar-refractivity contribution in [3.8, 4) is 0 Å². The maximum Gasteiger partial charge on any atom is 0.203 e. The SMILES string of the molecule is CCN(C(=N)N(c1cccc2ccccc12)C(C)C)c1ccccc1C. The fourth-order valence-corrected chi connectivity index (χ4v) is 3.49. The largest absolute Gasteiger partial charge is 0.312 e. The first-order chi connectivity index (χ1) is 12.5. The molecule has 0 aliphatic rings.